The molecule has 0 aromatic heterocycles. The number of carbonyl (C=O) groups is 3. The number of rotatable bonds is 5. The first-order valence-electron chi connectivity index (χ1n) is 9.20. The number of nitrogens with one attached hydrogen (secondary N) is 1. The highest BCUT2D eigenvalue weighted by Gasteiger charge is 2.34. The van der Waals surface area contributed by atoms with Gasteiger partial charge in [-0.25, -0.2) is 8.78 Å². The van der Waals surface area contributed by atoms with Crippen molar-refractivity contribution in [2.24, 2.45) is 0 Å². The Morgan fingerprint density at radius 1 is 0.800 bits per heavy atom. The first kappa shape index (κ1) is 19.4. The number of amides is 3. The van der Waals surface area contributed by atoms with Crippen LogP contribution in [-0.4, -0.2) is 22.6 Å². The molecule has 0 saturated heterocycles. The molecule has 30 heavy (non-hydrogen) atoms. The first-order valence-corrected chi connectivity index (χ1v) is 9.20. The fourth-order valence-electron chi connectivity index (χ4n) is 3.37. The summed E-state index contributed by atoms with van der Waals surface area (Å²) in [5, 5.41) is 2.60. The van der Waals surface area contributed by atoms with Gasteiger partial charge in [-0.2, -0.15) is 0 Å². The summed E-state index contributed by atoms with van der Waals surface area (Å²) in [7, 11) is 0. The molecule has 0 aliphatic carbocycles. The molecule has 0 spiro atoms. The van der Waals surface area contributed by atoms with Crippen molar-refractivity contribution in [3.05, 3.63) is 106 Å². The molecule has 1 aliphatic rings. The van der Waals surface area contributed by atoms with Crippen LogP contribution in [0.1, 0.15) is 42.2 Å². The van der Waals surface area contributed by atoms with Crippen LogP contribution in [0.15, 0.2) is 66.7 Å². The molecular formula is C23H16F2N2O3. The van der Waals surface area contributed by atoms with Crippen LogP contribution in [0.3, 0.4) is 0 Å². The molecule has 3 aromatic carbocycles. The molecule has 0 unspecified atom stereocenters. The van der Waals surface area contributed by atoms with Crippen LogP contribution in [0.4, 0.5) is 8.78 Å². The summed E-state index contributed by atoms with van der Waals surface area (Å²) >= 11 is 0. The molecule has 0 saturated carbocycles. The van der Waals surface area contributed by atoms with Gasteiger partial charge in [0.05, 0.1) is 17.7 Å². The Morgan fingerprint density at radius 2 is 1.43 bits per heavy atom. The highest BCUT2D eigenvalue weighted by molar-refractivity contribution is 6.21. The topological polar surface area (TPSA) is 66.5 Å². The lowest BCUT2D eigenvalue weighted by atomic mass is 10.1. The van der Waals surface area contributed by atoms with Crippen molar-refractivity contribution in [2.75, 3.05) is 0 Å². The predicted octanol–water partition coefficient (Wildman–Crippen LogP) is 3.69. The molecule has 0 radical (unpaired) electrons. The number of hydrogen-bond acceptors (Lipinski definition) is 3. The molecule has 4 rings (SSSR count). The number of fused-ring (bicyclic) bond motifs is 1. The average molecular weight is 406 g/mol. The Balaban J connectivity index is 1.46. The summed E-state index contributed by atoms with van der Waals surface area (Å²) in [4.78, 5) is 38.6. The monoisotopic (exact) mass is 406 g/mol. The van der Waals surface area contributed by atoms with Crippen molar-refractivity contribution < 1.29 is 23.2 Å². The minimum atomic E-state index is -0.720. The molecule has 1 aliphatic heterocycles. The van der Waals surface area contributed by atoms with Crippen molar-refractivity contribution in [1.29, 1.82) is 0 Å². The van der Waals surface area contributed by atoms with E-state index in [4.69, 9.17) is 0 Å². The van der Waals surface area contributed by atoms with Crippen LogP contribution in [0.25, 0.3) is 0 Å². The minimum absolute atomic E-state index is 0.0303. The van der Waals surface area contributed by atoms with E-state index in [-0.39, 0.29) is 24.9 Å². The van der Waals surface area contributed by atoms with Gasteiger partial charge in [0.25, 0.3) is 17.7 Å². The second-order valence-corrected chi connectivity index (χ2v) is 6.90. The minimum Gasteiger partial charge on any atom is -0.348 e. The van der Waals surface area contributed by atoms with Gasteiger partial charge in [0.2, 0.25) is 0 Å². The first-order chi connectivity index (χ1) is 14.4. The fourth-order valence-corrected chi connectivity index (χ4v) is 3.37. The molecule has 7 heteroatoms. The lowest BCUT2D eigenvalue weighted by Crippen LogP contribution is -2.29. The van der Waals surface area contributed by atoms with E-state index < -0.39 is 17.5 Å². The normalized spacial score (nSPS) is 12.8. The third kappa shape index (κ3) is 3.82. The Bertz CT molecular complexity index is 1120. The number of halogens is 2. The summed E-state index contributed by atoms with van der Waals surface area (Å²) in [5.74, 6) is -2.63. The summed E-state index contributed by atoms with van der Waals surface area (Å²) in [6.45, 7) is -0.0152. The Kier molecular flexibility index (Phi) is 5.10. The van der Waals surface area contributed by atoms with Crippen molar-refractivity contribution in [3.8, 4) is 0 Å². The molecule has 5 nitrogen and oxygen atoms in total. The third-order valence-corrected chi connectivity index (χ3v) is 4.78. The van der Waals surface area contributed by atoms with E-state index in [0.717, 1.165) is 23.1 Å². The van der Waals surface area contributed by atoms with Gasteiger partial charge in [0.15, 0.2) is 0 Å². The van der Waals surface area contributed by atoms with E-state index in [1.54, 1.807) is 48.5 Å². The standard InChI is InChI=1S/C23H16F2N2O3/c24-17-9-15(10-18(25)11-17)12-26-21(28)16-5-3-4-14(8-16)13-27-22(29)19-6-1-2-7-20(19)23(27)30/h1-11H,12-13H2,(H,26,28). The maximum Gasteiger partial charge on any atom is 0.261 e. The molecule has 1 N–H and O–H groups in total. The van der Waals surface area contributed by atoms with E-state index in [1.165, 1.54) is 0 Å². The van der Waals surface area contributed by atoms with Crippen LogP contribution in [0, 0.1) is 11.6 Å². The molecular weight excluding hydrogens is 390 g/mol. The highest BCUT2D eigenvalue weighted by Crippen LogP contribution is 2.24. The van der Waals surface area contributed by atoms with Gasteiger partial charge in [0.1, 0.15) is 11.6 Å². The zero-order chi connectivity index (χ0) is 21.3. The van der Waals surface area contributed by atoms with Crippen LogP contribution >= 0.6 is 0 Å². The zero-order valence-electron chi connectivity index (χ0n) is 15.7. The summed E-state index contributed by atoms with van der Waals surface area (Å²) < 4.78 is 26.5. The van der Waals surface area contributed by atoms with Gasteiger partial charge < -0.3 is 5.32 Å². The number of imide groups is 1. The summed E-state index contributed by atoms with van der Waals surface area (Å²) in [6, 6.07) is 16.2. The molecule has 3 aromatic rings. The van der Waals surface area contributed by atoms with E-state index in [1.807, 2.05) is 0 Å². The van der Waals surface area contributed by atoms with E-state index in [0.29, 0.717) is 27.8 Å². The summed E-state index contributed by atoms with van der Waals surface area (Å²) in [5.41, 5.74) is 1.93. The van der Waals surface area contributed by atoms with Crippen molar-refractivity contribution in [2.45, 2.75) is 13.1 Å². The lowest BCUT2D eigenvalue weighted by Gasteiger charge is -2.14. The maximum absolute atomic E-state index is 13.3. The molecule has 0 atom stereocenters. The molecule has 0 fully saturated rings. The van der Waals surface area contributed by atoms with E-state index in [2.05, 4.69) is 5.32 Å². The van der Waals surface area contributed by atoms with Gasteiger partial charge in [-0.15, -0.1) is 0 Å². The number of benzene rings is 3. The number of hydrogen-bond donors (Lipinski definition) is 1. The van der Waals surface area contributed by atoms with Crippen LogP contribution in [-0.2, 0) is 13.1 Å². The Labute approximate surface area is 170 Å². The van der Waals surface area contributed by atoms with E-state index >= 15 is 0 Å². The second kappa shape index (κ2) is 7.87. The van der Waals surface area contributed by atoms with Crippen LogP contribution in [0.5, 0.6) is 0 Å². The molecule has 150 valence electrons. The van der Waals surface area contributed by atoms with Gasteiger partial charge in [0, 0.05) is 18.2 Å². The van der Waals surface area contributed by atoms with Gasteiger partial charge in [-0.05, 0) is 47.5 Å². The second-order valence-electron chi connectivity index (χ2n) is 6.90. The SMILES string of the molecule is O=C(NCc1cc(F)cc(F)c1)c1cccc(CN2C(=O)c3ccccc3C2=O)c1. The number of nitrogens with zero attached hydrogens (tertiary/aromatic N) is 1. The molecule has 3 amide bonds. The molecule has 0 bridgehead atoms. The zero-order valence-corrected chi connectivity index (χ0v) is 15.7. The van der Waals surface area contributed by atoms with Gasteiger partial charge in [-0.1, -0.05) is 24.3 Å². The lowest BCUT2D eigenvalue weighted by molar-refractivity contribution is 0.0642. The largest absolute Gasteiger partial charge is 0.348 e. The average Bonchev–Trinajstić information content (AvgIpc) is 2.97. The third-order valence-electron chi connectivity index (χ3n) is 4.78. The van der Waals surface area contributed by atoms with Crippen molar-refractivity contribution in [1.82, 2.24) is 10.2 Å². The van der Waals surface area contributed by atoms with E-state index in [9.17, 15) is 23.2 Å². The van der Waals surface area contributed by atoms with Gasteiger partial charge >= 0.3 is 0 Å². The predicted molar refractivity (Wildman–Crippen MR) is 105 cm³/mol. The van der Waals surface area contributed by atoms with Gasteiger partial charge in [-0.3, -0.25) is 19.3 Å². The van der Waals surface area contributed by atoms with Crippen LogP contribution in [0.2, 0.25) is 0 Å². The van der Waals surface area contributed by atoms with Crippen molar-refractivity contribution >= 4 is 17.7 Å². The number of carbonyl (C=O) groups excluding carboxylic acids is 3. The summed E-state index contributed by atoms with van der Waals surface area (Å²) in [6.07, 6.45) is 0. The smallest absolute Gasteiger partial charge is 0.261 e. The fraction of sp³-hybridized carbons (Fsp3) is 0.0870. The Hall–Kier alpha value is -3.87. The molecule has 1 heterocycles. The van der Waals surface area contributed by atoms with Crippen LogP contribution < -0.4 is 5.32 Å². The maximum atomic E-state index is 13.3. The van der Waals surface area contributed by atoms with Crippen molar-refractivity contribution in [3.63, 3.8) is 0 Å². The Morgan fingerprint density at radius 3 is 2.07 bits per heavy atom. The highest BCUT2D eigenvalue weighted by atomic mass is 19.1. The quantitative estimate of drug-likeness (QED) is 0.658.